The maximum Gasteiger partial charge on any atom is 0.416 e. The van der Waals surface area contributed by atoms with Gasteiger partial charge in [-0.2, -0.15) is 13.2 Å². The Kier molecular flexibility index (Phi) is 5.69. The summed E-state index contributed by atoms with van der Waals surface area (Å²) in [5.74, 6) is -0.0530. The number of hydrogen-bond acceptors (Lipinski definition) is 3. The van der Waals surface area contributed by atoms with Crippen molar-refractivity contribution in [3.05, 3.63) is 59.2 Å². The van der Waals surface area contributed by atoms with Gasteiger partial charge in [0, 0.05) is 12.2 Å². The fourth-order valence-corrected chi connectivity index (χ4v) is 2.16. The van der Waals surface area contributed by atoms with Gasteiger partial charge in [0.05, 0.1) is 5.56 Å². The first kappa shape index (κ1) is 18.8. The van der Waals surface area contributed by atoms with Crippen LogP contribution in [0.3, 0.4) is 0 Å². The molecule has 1 atom stereocenters. The van der Waals surface area contributed by atoms with Crippen molar-refractivity contribution in [1.29, 1.82) is 0 Å². The van der Waals surface area contributed by atoms with Gasteiger partial charge in [0.1, 0.15) is 5.75 Å². The maximum absolute atomic E-state index is 12.9. The van der Waals surface area contributed by atoms with Crippen molar-refractivity contribution in [1.82, 2.24) is 0 Å². The minimum atomic E-state index is -4.52. The second kappa shape index (κ2) is 7.57. The molecule has 0 heterocycles. The van der Waals surface area contributed by atoms with E-state index in [9.17, 15) is 18.0 Å². The van der Waals surface area contributed by atoms with Gasteiger partial charge in [0.25, 0.3) is 5.91 Å². The molecule has 25 heavy (non-hydrogen) atoms. The van der Waals surface area contributed by atoms with Crippen molar-refractivity contribution in [3.8, 4) is 5.75 Å². The molecule has 2 aromatic carbocycles. The largest absolute Gasteiger partial charge is 0.481 e. The quantitative estimate of drug-likeness (QED) is 0.858. The zero-order valence-electron chi connectivity index (χ0n) is 13.9. The summed E-state index contributed by atoms with van der Waals surface area (Å²) in [5.41, 5.74) is 5.91. The fraction of sp³-hybridized carbons (Fsp3) is 0.278. The van der Waals surface area contributed by atoms with E-state index in [1.807, 2.05) is 19.1 Å². The van der Waals surface area contributed by atoms with Gasteiger partial charge in [-0.15, -0.1) is 0 Å². The van der Waals surface area contributed by atoms with E-state index in [0.29, 0.717) is 5.75 Å². The Morgan fingerprint density at radius 1 is 1.20 bits per heavy atom. The molecule has 0 spiro atoms. The summed E-state index contributed by atoms with van der Waals surface area (Å²) in [6.45, 7) is 3.37. The van der Waals surface area contributed by atoms with Crippen LogP contribution in [-0.2, 0) is 17.5 Å². The minimum Gasteiger partial charge on any atom is -0.481 e. The average Bonchev–Trinajstić information content (AvgIpc) is 2.55. The van der Waals surface area contributed by atoms with Gasteiger partial charge >= 0.3 is 6.18 Å². The first-order valence-electron chi connectivity index (χ1n) is 7.64. The number of benzene rings is 2. The maximum atomic E-state index is 12.9. The van der Waals surface area contributed by atoms with Crippen molar-refractivity contribution in [3.63, 3.8) is 0 Å². The molecule has 0 fully saturated rings. The molecule has 4 nitrogen and oxygen atoms in total. The number of hydrogen-bond donors (Lipinski definition) is 2. The summed E-state index contributed by atoms with van der Waals surface area (Å²) in [4.78, 5) is 12.2. The fourth-order valence-electron chi connectivity index (χ4n) is 2.16. The van der Waals surface area contributed by atoms with E-state index in [0.717, 1.165) is 17.7 Å². The average molecular weight is 352 g/mol. The van der Waals surface area contributed by atoms with E-state index in [1.165, 1.54) is 13.0 Å². The molecule has 2 aromatic rings. The smallest absolute Gasteiger partial charge is 0.416 e. The molecule has 2 rings (SSSR count). The Morgan fingerprint density at radius 3 is 2.40 bits per heavy atom. The number of alkyl halides is 3. The highest BCUT2D eigenvalue weighted by molar-refractivity contribution is 5.94. The van der Waals surface area contributed by atoms with E-state index in [-0.39, 0.29) is 17.8 Å². The van der Waals surface area contributed by atoms with Crippen molar-refractivity contribution in [2.45, 2.75) is 32.7 Å². The van der Waals surface area contributed by atoms with Crippen molar-refractivity contribution in [2.24, 2.45) is 5.73 Å². The van der Waals surface area contributed by atoms with Crippen molar-refractivity contribution in [2.75, 3.05) is 5.32 Å². The highest BCUT2D eigenvalue weighted by atomic mass is 19.4. The predicted octanol–water partition coefficient (Wildman–Crippen LogP) is 3.88. The predicted molar refractivity (Wildman–Crippen MR) is 89.2 cm³/mol. The van der Waals surface area contributed by atoms with Crippen molar-refractivity contribution >= 4 is 11.6 Å². The standard InChI is InChI=1S/C18H19F3N2O2/c1-11-3-5-16(6-4-11)25-12(2)17(24)23-15-8-13(10-22)7-14(9-15)18(19,20)21/h3-9,12H,10,22H2,1-2H3,(H,23,24). The number of anilines is 1. The highest BCUT2D eigenvalue weighted by Gasteiger charge is 2.31. The molecule has 0 saturated carbocycles. The summed E-state index contributed by atoms with van der Waals surface area (Å²) < 4.78 is 44.3. The van der Waals surface area contributed by atoms with Crippen LogP contribution < -0.4 is 15.8 Å². The van der Waals surface area contributed by atoms with Gasteiger partial charge in [-0.25, -0.2) is 0 Å². The first-order valence-corrected chi connectivity index (χ1v) is 7.64. The highest BCUT2D eigenvalue weighted by Crippen LogP contribution is 2.32. The molecule has 0 aliphatic heterocycles. The van der Waals surface area contributed by atoms with Gasteiger partial charge < -0.3 is 15.8 Å². The Bertz CT molecular complexity index is 743. The third-order valence-corrected chi connectivity index (χ3v) is 3.53. The summed E-state index contributed by atoms with van der Waals surface area (Å²) >= 11 is 0. The molecule has 0 bridgehead atoms. The van der Waals surface area contributed by atoms with E-state index >= 15 is 0 Å². The molecule has 1 amide bonds. The Hall–Kier alpha value is -2.54. The number of ether oxygens (including phenoxy) is 1. The van der Waals surface area contributed by atoms with Crippen LogP contribution in [0.1, 0.15) is 23.6 Å². The van der Waals surface area contributed by atoms with Gasteiger partial charge in [-0.1, -0.05) is 17.7 Å². The molecular formula is C18H19F3N2O2. The van der Waals surface area contributed by atoms with Gasteiger partial charge in [-0.3, -0.25) is 4.79 Å². The minimum absolute atomic E-state index is 0.0274. The molecule has 0 aromatic heterocycles. The molecule has 0 aliphatic carbocycles. The lowest BCUT2D eigenvalue weighted by atomic mass is 10.1. The topological polar surface area (TPSA) is 64.3 Å². The summed E-state index contributed by atoms with van der Waals surface area (Å²) in [5, 5.41) is 2.44. The normalized spacial score (nSPS) is 12.6. The van der Waals surface area contributed by atoms with Crippen LogP contribution in [0.15, 0.2) is 42.5 Å². The van der Waals surface area contributed by atoms with Crippen LogP contribution >= 0.6 is 0 Å². The van der Waals surface area contributed by atoms with Gasteiger partial charge in [0.2, 0.25) is 0 Å². The number of amides is 1. The summed E-state index contributed by atoms with van der Waals surface area (Å²) in [7, 11) is 0. The SMILES string of the molecule is Cc1ccc(OC(C)C(=O)Nc2cc(CN)cc(C(F)(F)F)c2)cc1. The number of nitrogens with two attached hydrogens (primary N) is 1. The number of rotatable bonds is 5. The number of halogens is 3. The van der Waals surface area contributed by atoms with E-state index in [4.69, 9.17) is 10.5 Å². The zero-order valence-corrected chi connectivity index (χ0v) is 13.9. The third kappa shape index (κ3) is 5.22. The Morgan fingerprint density at radius 2 is 1.84 bits per heavy atom. The summed E-state index contributed by atoms with van der Waals surface area (Å²) in [6, 6.07) is 10.3. The zero-order chi connectivity index (χ0) is 18.6. The van der Waals surface area contributed by atoms with Crippen LogP contribution in [0.5, 0.6) is 5.75 Å². The number of nitrogens with one attached hydrogen (secondary N) is 1. The van der Waals surface area contributed by atoms with E-state index in [1.54, 1.807) is 12.1 Å². The molecule has 3 N–H and O–H groups in total. The van der Waals surface area contributed by atoms with Crippen molar-refractivity contribution < 1.29 is 22.7 Å². The molecule has 0 radical (unpaired) electrons. The number of carbonyl (C=O) groups is 1. The monoisotopic (exact) mass is 352 g/mol. The molecule has 134 valence electrons. The van der Waals surface area contributed by atoms with E-state index < -0.39 is 23.8 Å². The second-order valence-corrected chi connectivity index (χ2v) is 5.68. The molecule has 0 aliphatic rings. The van der Waals surface area contributed by atoms with Crippen LogP contribution in [0.4, 0.5) is 18.9 Å². The van der Waals surface area contributed by atoms with Crippen LogP contribution in [0.25, 0.3) is 0 Å². The van der Waals surface area contributed by atoms with Crippen LogP contribution in [-0.4, -0.2) is 12.0 Å². The first-order chi connectivity index (χ1) is 11.7. The van der Waals surface area contributed by atoms with Crippen LogP contribution in [0.2, 0.25) is 0 Å². The molecule has 1 unspecified atom stereocenters. The number of aryl methyl sites for hydroxylation is 1. The lowest BCUT2D eigenvalue weighted by Gasteiger charge is -2.16. The molecule has 7 heteroatoms. The molecule has 0 saturated heterocycles. The Labute approximate surface area is 143 Å². The van der Waals surface area contributed by atoms with E-state index in [2.05, 4.69) is 5.32 Å². The lowest BCUT2D eigenvalue weighted by Crippen LogP contribution is -2.30. The summed E-state index contributed by atoms with van der Waals surface area (Å²) in [6.07, 6.45) is -5.40. The lowest BCUT2D eigenvalue weighted by molar-refractivity contribution is -0.137. The molecular weight excluding hydrogens is 333 g/mol. The van der Waals surface area contributed by atoms with Gasteiger partial charge in [0.15, 0.2) is 6.10 Å². The Balaban J connectivity index is 2.12. The number of carbonyl (C=O) groups excluding carboxylic acids is 1. The second-order valence-electron chi connectivity index (χ2n) is 5.68. The van der Waals surface area contributed by atoms with Crippen LogP contribution in [0, 0.1) is 6.92 Å². The third-order valence-electron chi connectivity index (χ3n) is 3.53. The van der Waals surface area contributed by atoms with Gasteiger partial charge in [-0.05, 0) is 49.7 Å².